The van der Waals surface area contributed by atoms with E-state index in [9.17, 15) is 9.18 Å². The zero-order valence-corrected chi connectivity index (χ0v) is 11.3. The summed E-state index contributed by atoms with van der Waals surface area (Å²) in [6, 6.07) is 13.1. The van der Waals surface area contributed by atoms with Crippen molar-refractivity contribution < 1.29 is 19.0 Å². The van der Waals surface area contributed by atoms with Gasteiger partial charge in [0.2, 0.25) is 0 Å². The number of halogens is 1. The highest BCUT2D eigenvalue weighted by molar-refractivity contribution is 5.76. The monoisotopic (exact) mass is 274 g/mol. The highest BCUT2D eigenvalue weighted by Gasteiger charge is 2.29. The van der Waals surface area contributed by atoms with Crippen LogP contribution >= 0.6 is 0 Å². The molecule has 1 N–H and O–H groups in total. The third-order valence-electron chi connectivity index (χ3n) is 2.93. The van der Waals surface area contributed by atoms with Gasteiger partial charge in [0.15, 0.2) is 5.60 Å². The van der Waals surface area contributed by atoms with E-state index in [-0.39, 0.29) is 5.82 Å². The van der Waals surface area contributed by atoms with Crippen LogP contribution in [-0.4, -0.2) is 16.7 Å². The van der Waals surface area contributed by atoms with E-state index in [4.69, 9.17) is 9.84 Å². The molecule has 0 heterocycles. The van der Waals surface area contributed by atoms with Gasteiger partial charge in [-0.3, -0.25) is 0 Å². The maximum atomic E-state index is 13.6. The van der Waals surface area contributed by atoms with E-state index >= 15 is 0 Å². The van der Waals surface area contributed by atoms with Gasteiger partial charge in [-0.1, -0.05) is 30.3 Å². The fourth-order valence-corrected chi connectivity index (χ4v) is 1.74. The molecule has 4 heteroatoms. The lowest BCUT2D eigenvalue weighted by molar-refractivity contribution is -0.152. The van der Waals surface area contributed by atoms with Crippen LogP contribution in [0.1, 0.15) is 13.8 Å². The molecule has 0 aliphatic carbocycles. The molecule has 2 rings (SSSR count). The van der Waals surface area contributed by atoms with E-state index in [0.29, 0.717) is 16.9 Å². The summed E-state index contributed by atoms with van der Waals surface area (Å²) in [5, 5.41) is 9.00. The van der Waals surface area contributed by atoms with Crippen molar-refractivity contribution in [2.75, 3.05) is 0 Å². The molecule has 0 saturated heterocycles. The minimum atomic E-state index is -1.31. The first-order chi connectivity index (χ1) is 9.40. The van der Waals surface area contributed by atoms with E-state index in [1.807, 2.05) is 0 Å². The number of ether oxygens (including phenoxy) is 1. The second kappa shape index (κ2) is 5.33. The minimum Gasteiger partial charge on any atom is -0.478 e. The van der Waals surface area contributed by atoms with E-state index in [2.05, 4.69) is 0 Å². The lowest BCUT2D eigenvalue weighted by atomic mass is 10.0. The molecule has 0 amide bonds. The van der Waals surface area contributed by atoms with Crippen LogP contribution in [0, 0.1) is 5.82 Å². The molecule has 0 radical (unpaired) electrons. The standard InChI is InChI=1S/C16H15FO3/c1-16(2,15(18)19)20-12-9-7-11(8-10-12)13-5-3-4-6-14(13)17/h3-10H,1-2H3,(H,18,19). The number of hydrogen-bond acceptors (Lipinski definition) is 2. The van der Waals surface area contributed by atoms with Gasteiger partial charge < -0.3 is 9.84 Å². The lowest BCUT2D eigenvalue weighted by Crippen LogP contribution is -2.37. The number of hydrogen-bond donors (Lipinski definition) is 1. The van der Waals surface area contributed by atoms with Crippen LogP contribution in [0.3, 0.4) is 0 Å². The summed E-state index contributed by atoms with van der Waals surface area (Å²) in [4.78, 5) is 11.0. The lowest BCUT2D eigenvalue weighted by Gasteiger charge is -2.21. The van der Waals surface area contributed by atoms with Gasteiger partial charge in [-0.05, 0) is 37.6 Å². The number of benzene rings is 2. The average Bonchev–Trinajstić information content (AvgIpc) is 2.40. The Morgan fingerprint density at radius 3 is 2.25 bits per heavy atom. The highest BCUT2D eigenvalue weighted by atomic mass is 19.1. The Morgan fingerprint density at radius 2 is 1.70 bits per heavy atom. The van der Waals surface area contributed by atoms with Crippen LogP contribution in [0.15, 0.2) is 48.5 Å². The number of carbonyl (C=O) groups is 1. The number of rotatable bonds is 4. The van der Waals surface area contributed by atoms with Gasteiger partial charge in [0.1, 0.15) is 11.6 Å². The summed E-state index contributed by atoms with van der Waals surface area (Å²) in [6.45, 7) is 2.94. The molecule has 0 aromatic heterocycles. The normalized spacial score (nSPS) is 11.2. The minimum absolute atomic E-state index is 0.299. The van der Waals surface area contributed by atoms with Crippen molar-refractivity contribution in [3.63, 3.8) is 0 Å². The van der Waals surface area contributed by atoms with Gasteiger partial charge in [-0.25, -0.2) is 9.18 Å². The Kier molecular flexibility index (Phi) is 3.74. The molecule has 0 saturated carbocycles. The maximum Gasteiger partial charge on any atom is 0.347 e. The van der Waals surface area contributed by atoms with E-state index < -0.39 is 11.6 Å². The van der Waals surface area contributed by atoms with Gasteiger partial charge >= 0.3 is 5.97 Å². The average molecular weight is 274 g/mol. The molecule has 0 aliphatic heterocycles. The van der Waals surface area contributed by atoms with Gasteiger partial charge in [0, 0.05) is 5.56 Å². The van der Waals surface area contributed by atoms with Crippen LogP contribution in [0.2, 0.25) is 0 Å². The van der Waals surface area contributed by atoms with Crippen molar-refractivity contribution in [3.8, 4) is 16.9 Å². The van der Waals surface area contributed by atoms with Crippen molar-refractivity contribution in [3.05, 3.63) is 54.3 Å². The topological polar surface area (TPSA) is 46.5 Å². The molecule has 0 aliphatic rings. The summed E-state index contributed by atoms with van der Waals surface area (Å²) in [6.07, 6.45) is 0. The van der Waals surface area contributed by atoms with Crippen LogP contribution in [0.25, 0.3) is 11.1 Å². The molecular weight excluding hydrogens is 259 g/mol. The molecule has 20 heavy (non-hydrogen) atoms. The number of carboxylic acid groups (broad SMARTS) is 1. The number of carboxylic acids is 1. The van der Waals surface area contributed by atoms with Gasteiger partial charge in [-0.2, -0.15) is 0 Å². The Bertz CT molecular complexity index is 618. The summed E-state index contributed by atoms with van der Waals surface area (Å²) in [5.74, 6) is -0.916. The van der Waals surface area contributed by atoms with E-state index in [1.54, 1.807) is 42.5 Å². The third-order valence-corrected chi connectivity index (χ3v) is 2.93. The van der Waals surface area contributed by atoms with Crippen LogP contribution in [0.4, 0.5) is 4.39 Å². The molecule has 0 spiro atoms. The van der Waals surface area contributed by atoms with Crippen molar-refractivity contribution in [1.29, 1.82) is 0 Å². The molecule has 2 aromatic carbocycles. The van der Waals surface area contributed by atoms with Crippen molar-refractivity contribution in [1.82, 2.24) is 0 Å². The zero-order chi connectivity index (χ0) is 14.8. The Labute approximate surface area is 116 Å². The molecule has 0 unspecified atom stereocenters. The van der Waals surface area contributed by atoms with Crippen LogP contribution in [0.5, 0.6) is 5.75 Å². The first-order valence-electron chi connectivity index (χ1n) is 6.17. The molecule has 0 bridgehead atoms. The highest BCUT2D eigenvalue weighted by Crippen LogP contribution is 2.26. The van der Waals surface area contributed by atoms with Gasteiger partial charge in [-0.15, -0.1) is 0 Å². The van der Waals surface area contributed by atoms with Crippen LogP contribution < -0.4 is 4.74 Å². The predicted octanol–water partition coefficient (Wildman–Crippen LogP) is 3.73. The molecule has 0 atom stereocenters. The van der Waals surface area contributed by atoms with Crippen molar-refractivity contribution in [2.24, 2.45) is 0 Å². The summed E-state index contributed by atoms with van der Waals surface area (Å²) >= 11 is 0. The largest absolute Gasteiger partial charge is 0.478 e. The summed E-state index contributed by atoms with van der Waals surface area (Å²) in [5.41, 5.74) is -0.0976. The fraction of sp³-hybridized carbons (Fsp3) is 0.188. The predicted molar refractivity (Wildman–Crippen MR) is 74.2 cm³/mol. The molecule has 104 valence electrons. The summed E-state index contributed by atoms with van der Waals surface area (Å²) in [7, 11) is 0. The first kappa shape index (κ1) is 14.1. The quantitative estimate of drug-likeness (QED) is 0.924. The SMILES string of the molecule is CC(C)(Oc1ccc(-c2ccccc2F)cc1)C(=O)O. The Morgan fingerprint density at radius 1 is 1.10 bits per heavy atom. The van der Waals surface area contributed by atoms with Gasteiger partial charge in [0.05, 0.1) is 0 Å². The van der Waals surface area contributed by atoms with Crippen LogP contribution in [-0.2, 0) is 4.79 Å². The Hall–Kier alpha value is -2.36. The van der Waals surface area contributed by atoms with Gasteiger partial charge in [0.25, 0.3) is 0 Å². The fourth-order valence-electron chi connectivity index (χ4n) is 1.74. The first-order valence-corrected chi connectivity index (χ1v) is 6.17. The molecule has 3 nitrogen and oxygen atoms in total. The zero-order valence-electron chi connectivity index (χ0n) is 11.3. The molecular formula is C16H15FO3. The van der Waals surface area contributed by atoms with Crippen molar-refractivity contribution in [2.45, 2.75) is 19.4 Å². The second-order valence-electron chi connectivity index (χ2n) is 4.92. The second-order valence-corrected chi connectivity index (χ2v) is 4.92. The maximum absolute atomic E-state index is 13.6. The molecule has 2 aromatic rings. The smallest absolute Gasteiger partial charge is 0.347 e. The van der Waals surface area contributed by atoms with E-state index in [1.165, 1.54) is 19.9 Å². The van der Waals surface area contributed by atoms with E-state index in [0.717, 1.165) is 0 Å². The number of aliphatic carboxylic acids is 1. The third kappa shape index (κ3) is 2.96. The summed E-state index contributed by atoms with van der Waals surface area (Å²) < 4.78 is 19.0. The molecule has 0 fully saturated rings. The van der Waals surface area contributed by atoms with Crippen molar-refractivity contribution >= 4 is 5.97 Å². The Balaban J connectivity index is 2.23.